The first kappa shape index (κ1) is 27.6. The van der Waals surface area contributed by atoms with Crippen LogP contribution in [0.4, 0.5) is 5.69 Å². The molecule has 6 heteroatoms. The highest BCUT2D eigenvalue weighted by molar-refractivity contribution is 7.73. The fourth-order valence-corrected chi connectivity index (χ4v) is 5.33. The highest BCUT2D eigenvalue weighted by Gasteiger charge is 2.31. The molecule has 1 amide bonds. The molecule has 0 saturated heterocycles. The van der Waals surface area contributed by atoms with Gasteiger partial charge in [0, 0.05) is 12.2 Å². The van der Waals surface area contributed by atoms with E-state index in [2.05, 4.69) is 47.5 Å². The lowest BCUT2D eigenvalue weighted by atomic mass is 9.83. The molecule has 192 valence electrons. The molecule has 5 nitrogen and oxygen atoms in total. The average molecular weight is 507 g/mol. The summed E-state index contributed by atoms with van der Waals surface area (Å²) in [6.45, 7) is 11.0. The smallest absolute Gasteiger partial charge is 0.247 e. The van der Waals surface area contributed by atoms with Crippen LogP contribution < -0.4 is 5.32 Å². The Balaban J connectivity index is 2.08. The fraction of sp³-hybridized carbons (Fsp3) is 0.367. The third kappa shape index (κ3) is 6.62. The number of carbonyl (C=O) groups excluding carboxylic acids is 1. The Bertz CT molecular complexity index is 1250. The number of amides is 1. The molecular formula is C30H38N2O3S. The first-order valence-corrected chi connectivity index (χ1v) is 13.6. The predicted molar refractivity (Wildman–Crippen MR) is 150 cm³/mol. The predicted octanol–water partition coefficient (Wildman–Crippen LogP) is 6.26. The summed E-state index contributed by atoms with van der Waals surface area (Å²) in [7, 11) is 0.925. The number of benzene rings is 3. The Morgan fingerprint density at radius 1 is 0.861 bits per heavy atom. The normalized spacial score (nSPS) is 12.5. The molecule has 0 aliphatic rings. The van der Waals surface area contributed by atoms with Crippen molar-refractivity contribution in [3.63, 3.8) is 0 Å². The van der Waals surface area contributed by atoms with Crippen molar-refractivity contribution in [2.75, 3.05) is 19.4 Å². The molecule has 0 bridgehead atoms. The van der Waals surface area contributed by atoms with Crippen LogP contribution in [0.1, 0.15) is 72.6 Å². The van der Waals surface area contributed by atoms with E-state index in [-0.39, 0.29) is 11.8 Å². The van der Waals surface area contributed by atoms with Crippen molar-refractivity contribution in [1.82, 2.24) is 4.90 Å². The minimum Gasteiger partial charge on any atom is -0.325 e. The molecule has 1 atom stereocenters. The summed E-state index contributed by atoms with van der Waals surface area (Å²) in [5.74, 6) is -0.450. The van der Waals surface area contributed by atoms with Crippen LogP contribution in [0.3, 0.4) is 0 Å². The van der Waals surface area contributed by atoms with E-state index in [1.165, 1.54) is 0 Å². The van der Waals surface area contributed by atoms with Crippen molar-refractivity contribution in [2.45, 2.75) is 58.2 Å². The Morgan fingerprint density at radius 3 is 1.92 bits per heavy atom. The van der Waals surface area contributed by atoms with E-state index in [0.717, 1.165) is 39.9 Å². The van der Waals surface area contributed by atoms with Crippen LogP contribution in [0.2, 0.25) is 0 Å². The summed E-state index contributed by atoms with van der Waals surface area (Å²) in [5, 5.41) is 1.58. The summed E-state index contributed by atoms with van der Waals surface area (Å²) >= 11 is 0. The van der Waals surface area contributed by atoms with Crippen LogP contribution in [0.15, 0.2) is 60.7 Å². The van der Waals surface area contributed by atoms with Crippen molar-refractivity contribution >= 4 is 22.3 Å². The van der Waals surface area contributed by atoms with E-state index in [4.69, 9.17) is 0 Å². The Hall–Kier alpha value is -2.96. The maximum absolute atomic E-state index is 13.5. The molecule has 0 aliphatic carbocycles. The zero-order chi connectivity index (χ0) is 26.6. The molecule has 0 spiro atoms. The number of nitrogens with zero attached hydrogens (tertiary/aromatic N) is 1. The third-order valence-electron chi connectivity index (χ3n) is 6.29. The standard InChI is InChI=1S/C30H38N2O3S/c1-19(2)26-16-24(23-10-8-9-21(5)15-23)17-27(20(3)4)28(26)29(36(34)35)30(33)31-25-13-11-22(12-14-25)18-32(6)7/h8-17,19-20,29,36H,18H2,1-7H3,(H,31,33). The van der Waals surface area contributed by atoms with Gasteiger partial charge in [-0.2, -0.15) is 0 Å². The minimum atomic E-state index is -3.06. The summed E-state index contributed by atoms with van der Waals surface area (Å²) in [6, 6.07) is 19.9. The van der Waals surface area contributed by atoms with Gasteiger partial charge in [-0.15, -0.1) is 0 Å². The van der Waals surface area contributed by atoms with E-state index >= 15 is 0 Å². The summed E-state index contributed by atoms with van der Waals surface area (Å²) in [5.41, 5.74) is 7.34. The minimum absolute atomic E-state index is 0.0397. The number of anilines is 1. The van der Waals surface area contributed by atoms with Gasteiger partial charge in [0.25, 0.3) is 0 Å². The molecule has 3 aromatic rings. The third-order valence-corrected chi connectivity index (χ3v) is 7.21. The SMILES string of the molecule is Cc1cccc(-c2cc(C(C)C)c(C(C(=O)Nc3ccc(CN(C)C)cc3)[SH](=O)=O)c(C(C)C)c2)c1. The van der Waals surface area contributed by atoms with Gasteiger partial charge in [0.15, 0.2) is 16.0 Å². The largest absolute Gasteiger partial charge is 0.325 e. The van der Waals surface area contributed by atoms with Crippen molar-refractivity contribution in [3.8, 4) is 11.1 Å². The second-order valence-corrected chi connectivity index (χ2v) is 11.4. The molecule has 3 rings (SSSR count). The number of hydrogen-bond acceptors (Lipinski definition) is 4. The Morgan fingerprint density at radius 2 is 1.44 bits per heavy atom. The van der Waals surface area contributed by atoms with Gasteiger partial charge < -0.3 is 10.2 Å². The first-order valence-electron chi connectivity index (χ1n) is 12.4. The Labute approximate surface area is 217 Å². The molecule has 0 saturated carbocycles. The number of hydrogen-bond donors (Lipinski definition) is 2. The molecule has 0 heterocycles. The molecule has 36 heavy (non-hydrogen) atoms. The Kier molecular flexibility index (Phi) is 9.09. The number of thiol groups is 1. The molecular weight excluding hydrogens is 468 g/mol. The van der Waals surface area contributed by atoms with Gasteiger partial charge in [-0.3, -0.25) is 4.79 Å². The zero-order valence-electron chi connectivity index (χ0n) is 22.3. The highest BCUT2D eigenvalue weighted by atomic mass is 32.2. The van der Waals surface area contributed by atoms with Crippen LogP contribution in [-0.4, -0.2) is 33.3 Å². The van der Waals surface area contributed by atoms with Crippen molar-refractivity contribution < 1.29 is 13.2 Å². The molecule has 0 aliphatic heterocycles. The van der Waals surface area contributed by atoms with E-state index in [1.54, 1.807) is 0 Å². The monoisotopic (exact) mass is 506 g/mol. The summed E-state index contributed by atoms with van der Waals surface area (Å²) < 4.78 is 25.3. The van der Waals surface area contributed by atoms with Gasteiger partial charge in [-0.05, 0) is 78.4 Å². The molecule has 0 radical (unpaired) electrons. The lowest BCUT2D eigenvalue weighted by Gasteiger charge is -2.25. The van der Waals surface area contributed by atoms with Gasteiger partial charge in [-0.25, -0.2) is 8.42 Å². The molecule has 1 unspecified atom stereocenters. The molecule has 0 fully saturated rings. The lowest BCUT2D eigenvalue weighted by molar-refractivity contribution is -0.115. The van der Waals surface area contributed by atoms with Gasteiger partial charge in [-0.1, -0.05) is 81.8 Å². The zero-order valence-corrected chi connectivity index (χ0v) is 23.2. The summed E-state index contributed by atoms with van der Waals surface area (Å²) in [4.78, 5) is 15.5. The number of nitrogens with one attached hydrogen (secondary N) is 1. The second-order valence-electron chi connectivity index (χ2n) is 10.4. The van der Waals surface area contributed by atoms with Crippen LogP contribution in [0, 0.1) is 6.92 Å². The maximum Gasteiger partial charge on any atom is 0.247 e. The van der Waals surface area contributed by atoms with Gasteiger partial charge >= 0.3 is 0 Å². The number of rotatable bonds is 9. The topological polar surface area (TPSA) is 66.5 Å². The van der Waals surface area contributed by atoms with Crippen LogP contribution in [-0.2, 0) is 22.0 Å². The average Bonchev–Trinajstić information content (AvgIpc) is 2.79. The van der Waals surface area contributed by atoms with Crippen molar-refractivity contribution in [2.24, 2.45) is 0 Å². The maximum atomic E-state index is 13.5. The number of aryl methyl sites for hydroxylation is 1. The van der Waals surface area contributed by atoms with Gasteiger partial charge in [0.2, 0.25) is 5.91 Å². The first-order chi connectivity index (χ1) is 17.0. The van der Waals surface area contributed by atoms with Crippen molar-refractivity contribution in [1.29, 1.82) is 0 Å². The number of carbonyl (C=O) groups is 1. The van der Waals surface area contributed by atoms with Gasteiger partial charge in [0.05, 0.1) is 0 Å². The molecule has 0 aromatic heterocycles. The summed E-state index contributed by atoms with van der Waals surface area (Å²) in [6.07, 6.45) is 0. The van der Waals surface area contributed by atoms with Crippen LogP contribution >= 0.6 is 0 Å². The fourth-order valence-electron chi connectivity index (χ4n) is 4.56. The molecule has 3 aromatic carbocycles. The van der Waals surface area contributed by atoms with Crippen molar-refractivity contribution in [3.05, 3.63) is 88.5 Å². The van der Waals surface area contributed by atoms with E-state index < -0.39 is 21.9 Å². The van der Waals surface area contributed by atoms with E-state index in [9.17, 15) is 13.2 Å². The van der Waals surface area contributed by atoms with Crippen LogP contribution in [0.25, 0.3) is 11.1 Å². The second kappa shape index (κ2) is 11.8. The van der Waals surface area contributed by atoms with E-state index in [1.807, 2.05) is 72.1 Å². The van der Waals surface area contributed by atoms with Crippen LogP contribution in [0.5, 0.6) is 0 Å². The lowest BCUT2D eigenvalue weighted by Crippen LogP contribution is -2.25. The highest BCUT2D eigenvalue weighted by Crippen LogP contribution is 2.38. The van der Waals surface area contributed by atoms with E-state index in [0.29, 0.717) is 11.3 Å². The quantitative estimate of drug-likeness (QED) is 0.336. The molecule has 1 N–H and O–H groups in total. The van der Waals surface area contributed by atoms with Gasteiger partial charge in [0.1, 0.15) is 0 Å².